The Morgan fingerprint density at radius 1 is 1.33 bits per heavy atom. The van der Waals surface area contributed by atoms with Crippen LogP contribution in [0.15, 0.2) is 47.5 Å². The van der Waals surface area contributed by atoms with Gasteiger partial charge in [-0.15, -0.1) is 0 Å². The summed E-state index contributed by atoms with van der Waals surface area (Å²) in [6.45, 7) is 0. The summed E-state index contributed by atoms with van der Waals surface area (Å²) in [4.78, 5) is 15.7. The summed E-state index contributed by atoms with van der Waals surface area (Å²) in [5.74, 6) is -0.203. The van der Waals surface area contributed by atoms with Gasteiger partial charge >= 0.3 is 0 Å². The molecular formula is C10H8BrN3O. The number of amides is 1. The van der Waals surface area contributed by atoms with E-state index < -0.39 is 0 Å². The minimum Gasteiger partial charge on any atom is -0.268 e. The number of carbonyl (C=O) groups excluding carboxylic acids is 1. The van der Waals surface area contributed by atoms with E-state index in [-0.39, 0.29) is 5.91 Å². The van der Waals surface area contributed by atoms with Crippen LogP contribution in [0.1, 0.15) is 10.4 Å². The Morgan fingerprint density at radius 3 is 2.73 bits per heavy atom. The van der Waals surface area contributed by atoms with Crippen LogP contribution in [0.5, 0.6) is 0 Å². The predicted octanol–water partition coefficient (Wildman–Crippen LogP) is 2.03. The van der Waals surface area contributed by atoms with Gasteiger partial charge in [0.25, 0.3) is 5.91 Å². The minimum atomic E-state index is -0.203. The lowest BCUT2D eigenvalue weighted by molar-refractivity contribution is 0.101. The minimum absolute atomic E-state index is 0.203. The quantitative estimate of drug-likeness (QED) is 0.845. The normalized spacial score (nSPS) is 9.93. The summed E-state index contributed by atoms with van der Waals surface area (Å²) >= 11 is 3.22. The lowest BCUT2D eigenvalue weighted by Crippen LogP contribution is -2.21. The van der Waals surface area contributed by atoms with Crippen molar-refractivity contribution in [3.8, 4) is 0 Å². The van der Waals surface area contributed by atoms with Crippen LogP contribution in [0.25, 0.3) is 0 Å². The van der Waals surface area contributed by atoms with E-state index in [2.05, 4.69) is 26.3 Å². The highest BCUT2D eigenvalue weighted by Crippen LogP contribution is 2.12. The Hall–Kier alpha value is -1.62. The Labute approximate surface area is 95.0 Å². The predicted molar refractivity (Wildman–Crippen MR) is 60.1 cm³/mol. The van der Waals surface area contributed by atoms with Gasteiger partial charge in [-0.25, -0.2) is 4.98 Å². The summed E-state index contributed by atoms with van der Waals surface area (Å²) < 4.78 is 2.12. The Bertz CT molecular complexity index is 467. The molecule has 1 amide bonds. The third-order valence-electron chi connectivity index (χ3n) is 1.84. The van der Waals surface area contributed by atoms with E-state index in [1.54, 1.807) is 35.4 Å². The van der Waals surface area contributed by atoms with E-state index in [0.717, 1.165) is 0 Å². The molecule has 0 saturated carbocycles. The molecule has 0 aliphatic heterocycles. The van der Waals surface area contributed by atoms with Crippen LogP contribution in [-0.2, 0) is 0 Å². The first-order chi connectivity index (χ1) is 7.27. The van der Waals surface area contributed by atoms with Crippen molar-refractivity contribution in [1.82, 2.24) is 9.66 Å². The Kier molecular flexibility index (Phi) is 2.82. The van der Waals surface area contributed by atoms with Crippen molar-refractivity contribution in [3.05, 3.63) is 53.0 Å². The van der Waals surface area contributed by atoms with Crippen molar-refractivity contribution >= 4 is 21.8 Å². The van der Waals surface area contributed by atoms with E-state index in [1.807, 2.05) is 12.1 Å². The van der Waals surface area contributed by atoms with Gasteiger partial charge in [0.2, 0.25) is 0 Å². The fraction of sp³-hybridized carbons (Fsp3) is 0. The number of hydrogen-bond acceptors (Lipinski definition) is 2. The second-order valence-corrected chi connectivity index (χ2v) is 3.62. The number of hydrogen-bond donors (Lipinski definition) is 1. The Balaban J connectivity index is 2.19. The largest absolute Gasteiger partial charge is 0.272 e. The number of nitrogens with one attached hydrogen (secondary N) is 1. The van der Waals surface area contributed by atoms with Crippen molar-refractivity contribution in [1.29, 1.82) is 0 Å². The molecule has 2 aromatic rings. The molecule has 0 aromatic carbocycles. The molecule has 0 aliphatic carbocycles. The molecule has 1 N–H and O–H groups in total. The molecule has 76 valence electrons. The zero-order valence-corrected chi connectivity index (χ0v) is 9.31. The fourth-order valence-corrected chi connectivity index (χ4v) is 1.57. The summed E-state index contributed by atoms with van der Waals surface area (Å²) in [5.41, 5.74) is 3.19. The first kappa shape index (κ1) is 9.92. The van der Waals surface area contributed by atoms with Gasteiger partial charge in [-0.05, 0) is 40.2 Å². The lowest BCUT2D eigenvalue weighted by atomic mass is 10.3. The van der Waals surface area contributed by atoms with Crippen LogP contribution in [0.4, 0.5) is 0 Å². The van der Waals surface area contributed by atoms with E-state index in [1.165, 1.54) is 0 Å². The van der Waals surface area contributed by atoms with E-state index in [4.69, 9.17) is 0 Å². The van der Waals surface area contributed by atoms with Gasteiger partial charge in [-0.1, -0.05) is 0 Å². The van der Waals surface area contributed by atoms with Gasteiger partial charge in [-0.2, -0.15) is 0 Å². The number of aromatic nitrogens is 2. The molecule has 2 rings (SSSR count). The topological polar surface area (TPSA) is 46.9 Å². The molecule has 4 nitrogen and oxygen atoms in total. The fourth-order valence-electron chi connectivity index (χ4n) is 1.14. The molecule has 0 atom stereocenters. The van der Waals surface area contributed by atoms with Crippen LogP contribution >= 0.6 is 15.9 Å². The van der Waals surface area contributed by atoms with Gasteiger partial charge in [-0.3, -0.25) is 14.9 Å². The second kappa shape index (κ2) is 4.27. The third kappa shape index (κ3) is 2.24. The first-order valence-electron chi connectivity index (χ1n) is 4.32. The molecule has 2 aromatic heterocycles. The number of pyridine rings is 1. The van der Waals surface area contributed by atoms with Crippen LogP contribution in [0, 0.1) is 0 Å². The number of carbonyl (C=O) groups is 1. The molecular weight excluding hydrogens is 258 g/mol. The highest BCUT2D eigenvalue weighted by atomic mass is 79.9. The summed E-state index contributed by atoms with van der Waals surface area (Å²) in [6, 6.07) is 7.09. The molecule has 0 unspecified atom stereocenters. The molecule has 0 aliphatic rings. The van der Waals surface area contributed by atoms with E-state index >= 15 is 0 Å². The van der Waals surface area contributed by atoms with Gasteiger partial charge in [0.15, 0.2) is 0 Å². The van der Waals surface area contributed by atoms with Crippen molar-refractivity contribution in [2.45, 2.75) is 0 Å². The van der Waals surface area contributed by atoms with Crippen LogP contribution in [0.3, 0.4) is 0 Å². The number of rotatable bonds is 2. The molecule has 15 heavy (non-hydrogen) atoms. The Morgan fingerprint density at radius 2 is 2.07 bits per heavy atom. The average Bonchev–Trinajstić information content (AvgIpc) is 2.71. The van der Waals surface area contributed by atoms with Crippen LogP contribution < -0.4 is 5.43 Å². The van der Waals surface area contributed by atoms with E-state index in [9.17, 15) is 4.79 Å². The second-order valence-electron chi connectivity index (χ2n) is 2.87. The number of halogens is 1. The maximum atomic E-state index is 11.7. The first-order valence-corrected chi connectivity index (χ1v) is 5.11. The van der Waals surface area contributed by atoms with Gasteiger partial charge in [0, 0.05) is 18.6 Å². The van der Waals surface area contributed by atoms with Crippen molar-refractivity contribution in [2.75, 3.05) is 5.43 Å². The molecule has 0 bridgehead atoms. The summed E-state index contributed by atoms with van der Waals surface area (Å²) in [5, 5.41) is 0. The van der Waals surface area contributed by atoms with Crippen molar-refractivity contribution in [3.63, 3.8) is 0 Å². The molecule has 2 heterocycles. The monoisotopic (exact) mass is 265 g/mol. The standard InChI is InChI=1S/C10H8BrN3O/c11-9-8(4-3-5-12-9)10(15)13-14-6-1-2-7-14/h1-7H,(H,13,15). The molecule has 5 heteroatoms. The van der Waals surface area contributed by atoms with Gasteiger partial charge < -0.3 is 0 Å². The smallest absolute Gasteiger partial charge is 0.268 e. The molecule has 0 spiro atoms. The highest BCUT2D eigenvalue weighted by molar-refractivity contribution is 9.10. The molecule has 0 saturated heterocycles. The third-order valence-corrected chi connectivity index (χ3v) is 2.47. The van der Waals surface area contributed by atoms with Gasteiger partial charge in [0.05, 0.1) is 5.56 Å². The van der Waals surface area contributed by atoms with Gasteiger partial charge in [0.1, 0.15) is 4.60 Å². The summed E-state index contributed by atoms with van der Waals surface area (Å²) in [6.07, 6.45) is 5.13. The summed E-state index contributed by atoms with van der Waals surface area (Å²) in [7, 11) is 0. The van der Waals surface area contributed by atoms with E-state index in [0.29, 0.717) is 10.2 Å². The zero-order valence-electron chi connectivity index (χ0n) is 7.72. The van der Waals surface area contributed by atoms with Crippen LogP contribution in [0.2, 0.25) is 0 Å². The SMILES string of the molecule is O=C(Nn1cccc1)c1cccnc1Br. The zero-order chi connectivity index (χ0) is 10.7. The maximum absolute atomic E-state index is 11.7. The van der Waals surface area contributed by atoms with Crippen molar-refractivity contribution in [2.24, 2.45) is 0 Å². The average molecular weight is 266 g/mol. The lowest BCUT2D eigenvalue weighted by Gasteiger charge is -2.06. The highest BCUT2D eigenvalue weighted by Gasteiger charge is 2.09. The molecule has 0 fully saturated rings. The molecule has 0 radical (unpaired) electrons. The van der Waals surface area contributed by atoms with Crippen LogP contribution in [-0.4, -0.2) is 15.6 Å². The van der Waals surface area contributed by atoms with Crippen molar-refractivity contribution < 1.29 is 4.79 Å². The maximum Gasteiger partial charge on any atom is 0.272 e. The number of nitrogens with zero attached hydrogens (tertiary/aromatic N) is 2.